The van der Waals surface area contributed by atoms with Crippen molar-refractivity contribution >= 4 is 23.0 Å². The van der Waals surface area contributed by atoms with Crippen molar-refractivity contribution in [1.29, 1.82) is 0 Å². The molecular weight excluding hydrogens is 232 g/mol. The van der Waals surface area contributed by atoms with Crippen LogP contribution in [0.25, 0.3) is 0 Å². The van der Waals surface area contributed by atoms with Gasteiger partial charge in [0, 0.05) is 25.6 Å². The third-order valence-electron chi connectivity index (χ3n) is 4.26. The Balaban J connectivity index is 1.97. The molecule has 3 rings (SSSR count). The number of hydrogen-bond donors (Lipinski definition) is 1. The Hall–Kier alpha value is -0.890. The fraction of sp³-hybridized carbons (Fsp3) is 0.571. The SMILES string of the molecule is CN1CC2(CCCC2)CNc2cccc(Cl)c21. The summed E-state index contributed by atoms with van der Waals surface area (Å²) in [4.78, 5) is 2.34. The standard InChI is InChI=1S/C14H19ClN2/c1-17-10-14(7-2-3-8-14)9-16-12-6-4-5-11(15)13(12)17/h4-6,16H,2-3,7-10H2,1H3. The predicted octanol–water partition coefficient (Wildman–Crippen LogP) is 3.76. The number of para-hydroxylation sites is 1. The van der Waals surface area contributed by atoms with Crippen LogP contribution in [0.2, 0.25) is 5.02 Å². The molecule has 92 valence electrons. The van der Waals surface area contributed by atoms with Crippen molar-refractivity contribution in [3.63, 3.8) is 0 Å². The molecule has 17 heavy (non-hydrogen) atoms. The number of nitrogens with zero attached hydrogens (tertiary/aromatic N) is 1. The molecule has 1 aromatic carbocycles. The van der Waals surface area contributed by atoms with E-state index < -0.39 is 0 Å². The molecule has 0 radical (unpaired) electrons. The summed E-state index contributed by atoms with van der Waals surface area (Å²) in [6.07, 6.45) is 5.44. The number of rotatable bonds is 0. The number of nitrogens with one attached hydrogen (secondary N) is 1. The minimum atomic E-state index is 0.455. The fourth-order valence-electron chi connectivity index (χ4n) is 3.43. The number of benzene rings is 1. The normalized spacial score (nSPS) is 22.1. The van der Waals surface area contributed by atoms with E-state index in [9.17, 15) is 0 Å². The van der Waals surface area contributed by atoms with Crippen molar-refractivity contribution in [1.82, 2.24) is 0 Å². The first-order valence-corrected chi connectivity index (χ1v) is 6.82. The molecule has 1 aliphatic heterocycles. The summed E-state index contributed by atoms with van der Waals surface area (Å²) in [5, 5.41) is 4.46. The molecule has 0 atom stereocenters. The maximum absolute atomic E-state index is 6.32. The van der Waals surface area contributed by atoms with Gasteiger partial charge >= 0.3 is 0 Å². The average molecular weight is 251 g/mol. The minimum absolute atomic E-state index is 0.455. The molecule has 1 heterocycles. The maximum atomic E-state index is 6.32. The molecule has 1 N–H and O–H groups in total. The van der Waals surface area contributed by atoms with Crippen LogP contribution in [-0.2, 0) is 0 Å². The smallest absolute Gasteiger partial charge is 0.0788 e. The average Bonchev–Trinajstić information content (AvgIpc) is 2.69. The van der Waals surface area contributed by atoms with Gasteiger partial charge in [-0.05, 0) is 25.0 Å². The van der Waals surface area contributed by atoms with E-state index in [1.165, 1.54) is 31.4 Å². The maximum Gasteiger partial charge on any atom is 0.0788 e. The Morgan fingerprint density at radius 1 is 1.29 bits per heavy atom. The summed E-state index contributed by atoms with van der Waals surface area (Å²) in [6.45, 7) is 2.21. The van der Waals surface area contributed by atoms with E-state index in [0.29, 0.717) is 5.41 Å². The van der Waals surface area contributed by atoms with E-state index >= 15 is 0 Å². The number of fused-ring (bicyclic) bond motifs is 1. The Bertz CT molecular complexity index is 424. The molecule has 0 unspecified atom stereocenters. The molecule has 2 aliphatic rings. The molecule has 1 aromatic rings. The number of halogens is 1. The first-order chi connectivity index (χ1) is 8.20. The number of anilines is 2. The molecule has 0 aromatic heterocycles. The highest BCUT2D eigenvalue weighted by Gasteiger charge is 2.37. The van der Waals surface area contributed by atoms with Crippen LogP contribution in [0, 0.1) is 5.41 Å². The van der Waals surface area contributed by atoms with Crippen LogP contribution in [0.3, 0.4) is 0 Å². The molecule has 2 nitrogen and oxygen atoms in total. The lowest BCUT2D eigenvalue weighted by atomic mass is 9.86. The van der Waals surface area contributed by atoms with Crippen molar-refractivity contribution in [2.75, 3.05) is 30.4 Å². The first kappa shape index (κ1) is 11.2. The van der Waals surface area contributed by atoms with Crippen molar-refractivity contribution in [3.8, 4) is 0 Å². The first-order valence-electron chi connectivity index (χ1n) is 6.44. The van der Waals surface area contributed by atoms with Gasteiger partial charge in [-0.15, -0.1) is 0 Å². The second kappa shape index (κ2) is 4.09. The van der Waals surface area contributed by atoms with Crippen molar-refractivity contribution in [2.24, 2.45) is 5.41 Å². The third kappa shape index (κ3) is 1.89. The van der Waals surface area contributed by atoms with Gasteiger partial charge in [0.1, 0.15) is 0 Å². The zero-order valence-electron chi connectivity index (χ0n) is 10.3. The predicted molar refractivity (Wildman–Crippen MR) is 74.1 cm³/mol. The molecule has 0 bridgehead atoms. The highest BCUT2D eigenvalue weighted by Crippen LogP contribution is 2.44. The lowest BCUT2D eigenvalue weighted by Crippen LogP contribution is -2.36. The largest absolute Gasteiger partial charge is 0.383 e. The number of hydrogen-bond acceptors (Lipinski definition) is 2. The minimum Gasteiger partial charge on any atom is -0.383 e. The zero-order valence-corrected chi connectivity index (χ0v) is 11.1. The quantitative estimate of drug-likeness (QED) is 0.754. The van der Waals surface area contributed by atoms with Crippen LogP contribution in [-0.4, -0.2) is 20.1 Å². The van der Waals surface area contributed by atoms with Gasteiger partial charge in [-0.2, -0.15) is 0 Å². The van der Waals surface area contributed by atoms with Gasteiger partial charge in [0.25, 0.3) is 0 Å². The van der Waals surface area contributed by atoms with E-state index in [1.807, 2.05) is 12.1 Å². The van der Waals surface area contributed by atoms with E-state index in [1.54, 1.807) is 0 Å². The monoisotopic (exact) mass is 250 g/mol. The Morgan fingerprint density at radius 2 is 2.06 bits per heavy atom. The van der Waals surface area contributed by atoms with E-state index in [4.69, 9.17) is 11.6 Å². The summed E-state index contributed by atoms with van der Waals surface area (Å²) in [5.41, 5.74) is 2.80. The summed E-state index contributed by atoms with van der Waals surface area (Å²) >= 11 is 6.32. The Labute approximate surface area is 108 Å². The Morgan fingerprint density at radius 3 is 2.82 bits per heavy atom. The van der Waals surface area contributed by atoms with Gasteiger partial charge in [-0.1, -0.05) is 30.5 Å². The summed E-state index contributed by atoms with van der Waals surface area (Å²) in [7, 11) is 2.16. The van der Waals surface area contributed by atoms with Gasteiger partial charge < -0.3 is 10.2 Å². The van der Waals surface area contributed by atoms with Gasteiger partial charge in [-0.25, -0.2) is 0 Å². The van der Waals surface area contributed by atoms with Gasteiger partial charge in [-0.3, -0.25) is 0 Å². The molecule has 0 saturated heterocycles. The third-order valence-corrected chi connectivity index (χ3v) is 4.56. The van der Waals surface area contributed by atoms with Gasteiger partial charge in [0.15, 0.2) is 0 Å². The van der Waals surface area contributed by atoms with Gasteiger partial charge in [0.2, 0.25) is 0 Å². The molecule has 1 saturated carbocycles. The second-order valence-electron chi connectivity index (χ2n) is 5.55. The zero-order chi connectivity index (χ0) is 11.9. The summed E-state index contributed by atoms with van der Waals surface area (Å²) < 4.78 is 0. The van der Waals surface area contributed by atoms with E-state index in [2.05, 4.69) is 23.3 Å². The second-order valence-corrected chi connectivity index (χ2v) is 5.96. The van der Waals surface area contributed by atoms with E-state index in [0.717, 1.165) is 23.8 Å². The van der Waals surface area contributed by atoms with Gasteiger partial charge in [0.05, 0.1) is 16.4 Å². The Kier molecular flexibility index (Phi) is 2.70. The van der Waals surface area contributed by atoms with Crippen LogP contribution in [0.1, 0.15) is 25.7 Å². The van der Waals surface area contributed by atoms with Crippen LogP contribution in [0.4, 0.5) is 11.4 Å². The topological polar surface area (TPSA) is 15.3 Å². The summed E-state index contributed by atoms with van der Waals surface area (Å²) in [6, 6.07) is 6.13. The molecule has 1 aliphatic carbocycles. The van der Waals surface area contributed by atoms with Crippen molar-refractivity contribution in [3.05, 3.63) is 23.2 Å². The molecule has 1 fully saturated rings. The van der Waals surface area contributed by atoms with Crippen molar-refractivity contribution < 1.29 is 0 Å². The van der Waals surface area contributed by atoms with Crippen LogP contribution >= 0.6 is 11.6 Å². The highest BCUT2D eigenvalue weighted by molar-refractivity contribution is 6.34. The van der Waals surface area contributed by atoms with Crippen molar-refractivity contribution in [2.45, 2.75) is 25.7 Å². The van der Waals surface area contributed by atoms with Crippen LogP contribution < -0.4 is 10.2 Å². The summed E-state index contributed by atoms with van der Waals surface area (Å²) in [5.74, 6) is 0. The molecule has 3 heteroatoms. The molecule has 1 spiro atoms. The van der Waals surface area contributed by atoms with Crippen LogP contribution in [0.15, 0.2) is 18.2 Å². The highest BCUT2D eigenvalue weighted by atomic mass is 35.5. The lowest BCUT2D eigenvalue weighted by Gasteiger charge is -2.31. The van der Waals surface area contributed by atoms with Crippen LogP contribution in [0.5, 0.6) is 0 Å². The van der Waals surface area contributed by atoms with E-state index in [-0.39, 0.29) is 0 Å². The fourth-order valence-corrected chi connectivity index (χ4v) is 3.75. The molecular formula is C14H19ClN2. The molecule has 0 amide bonds. The lowest BCUT2D eigenvalue weighted by molar-refractivity contribution is 0.330.